The van der Waals surface area contributed by atoms with Gasteiger partial charge < -0.3 is 4.74 Å². The molecule has 0 bridgehead atoms. The molecule has 0 radical (unpaired) electrons. The van der Waals surface area contributed by atoms with E-state index in [1.165, 1.54) is 0 Å². The Morgan fingerprint density at radius 1 is 1.29 bits per heavy atom. The molecule has 0 amide bonds. The SMILES string of the molecule is CC(=O)c1cc(OC(F)F)cc(Cl)c1C(F)F. The maximum Gasteiger partial charge on any atom is 0.387 e. The Balaban J connectivity index is 3.31. The second-order valence-electron chi connectivity index (χ2n) is 3.10. The predicted molar refractivity (Wildman–Crippen MR) is 53.0 cm³/mol. The van der Waals surface area contributed by atoms with Crippen molar-refractivity contribution < 1.29 is 27.1 Å². The number of hydrogen-bond acceptors (Lipinski definition) is 2. The van der Waals surface area contributed by atoms with Crippen LogP contribution in [-0.2, 0) is 0 Å². The quantitative estimate of drug-likeness (QED) is 0.609. The van der Waals surface area contributed by atoms with Crippen molar-refractivity contribution in [3.63, 3.8) is 0 Å². The van der Waals surface area contributed by atoms with E-state index in [-0.39, 0.29) is 0 Å². The minimum absolute atomic E-state index is 0.428. The largest absolute Gasteiger partial charge is 0.435 e. The molecule has 1 aromatic carbocycles. The van der Waals surface area contributed by atoms with Gasteiger partial charge in [0.15, 0.2) is 5.78 Å². The summed E-state index contributed by atoms with van der Waals surface area (Å²) in [6, 6.07) is 1.64. The lowest BCUT2D eigenvalue weighted by molar-refractivity contribution is -0.0499. The Labute approximate surface area is 99.1 Å². The van der Waals surface area contributed by atoms with Gasteiger partial charge in [0, 0.05) is 11.1 Å². The Morgan fingerprint density at radius 2 is 1.88 bits per heavy atom. The summed E-state index contributed by atoms with van der Waals surface area (Å²) >= 11 is 5.50. The monoisotopic (exact) mass is 270 g/mol. The van der Waals surface area contributed by atoms with Crippen LogP contribution in [0, 0.1) is 0 Å². The number of ketones is 1. The van der Waals surface area contributed by atoms with Crippen molar-refractivity contribution in [3.05, 3.63) is 28.3 Å². The molecule has 1 aromatic rings. The molecule has 0 aliphatic rings. The van der Waals surface area contributed by atoms with Crippen molar-refractivity contribution in [1.29, 1.82) is 0 Å². The van der Waals surface area contributed by atoms with E-state index < -0.39 is 40.7 Å². The summed E-state index contributed by atoms with van der Waals surface area (Å²) in [5.41, 5.74) is -1.11. The number of Topliss-reactive ketones (excluding diaryl/α,β-unsaturated/α-hetero) is 1. The fraction of sp³-hybridized carbons (Fsp3) is 0.300. The molecule has 7 heteroatoms. The zero-order valence-corrected chi connectivity index (χ0v) is 9.27. The average Bonchev–Trinajstić information content (AvgIpc) is 2.14. The van der Waals surface area contributed by atoms with Crippen LogP contribution in [0.25, 0.3) is 0 Å². The first kappa shape index (κ1) is 13.8. The summed E-state index contributed by atoms with van der Waals surface area (Å²) in [5, 5.41) is -0.483. The minimum atomic E-state index is -3.12. The lowest BCUT2D eigenvalue weighted by atomic mass is 10.0. The van der Waals surface area contributed by atoms with Crippen LogP contribution in [0.5, 0.6) is 5.75 Å². The molecule has 0 spiro atoms. The third-order valence-corrected chi connectivity index (χ3v) is 2.24. The third-order valence-electron chi connectivity index (χ3n) is 1.93. The second kappa shape index (κ2) is 5.35. The number of carbonyl (C=O) groups excluding carboxylic acids is 1. The van der Waals surface area contributed by atoms with Crippen LogP contribution in [-0.4, -0.2) is 12.4 Å². The molecule has 0 fully saturated rings. The average molecular weight is 271 g/mol. The Morgan fingerprint density at radius 3 is 2.29 bits per heavy atom. The van der Waals surface area contributed by atoms with Crippen molar-refractivity contribution in [3.8, 4) is 5.75 Å². The highest BCUT2D eigenvalue weighted by molar-refractivity contribution is 6.32. The smallest absolute Gasteiger partial charge is 0.387 e. The normalized spacial score (nSPS) is 11.1. The number of hydrogen-bond donors (Lipinski definition) is 0. The van der Waals surface area contributed by atoms with Crippen LogP contribution < -0.4 is 4.74 Å². The summed E-state index contributed by atoms with van der Waals surface area (Å²) < 4.78 is 53.1. The molecular weight excluding hydrogens is 264 g/mol. The number of ether oxygens (including phenoxy) is 1. The van der Waals surface area contributed by atoms with E-state index >= 15 is 0 Å². The summed E-state index contributed by atoms with van der Waals surface area (Å²) in [6.45, 7) is -2.09. The molecule has 0 aliphatic heterocycles. The predicted octanol–water partition coefficient (Wildman–Crippen LogP) is 4.08. The van der Waals surface area contributed by atoms with E-state index in [4.69, 9.17) is 11.6 Å². The van der Waals surface area contributed by atoms with Crippen molar-refractivity contribution in [1.82, 2.24) is 0 Å². The van der Waals surface area contributed by atoms with E-state index in [9.17, 15) is 22.4 Å². The van der Waals surface area contributed by atoms with Gasteiger partial charge in [0.2, 0.25) is 0 Å². The fourth-order valence-electron chi connectivity index (χ4n) is 1.28. The molecule has 2 nitrogen and oxygen atoms in total. The number of halogens is 5. The molecule has 0 heterocycles. The van der Waals surface area contributed by atoms with Crippen LogP contribution in [0.15, 0.2) is 12.1 Å². The van der Waals surface area contributed by atoms with Gasteiger partial charge in [-0.2, -0.15) is 8.78 Å². The van der Waals surface area contributed by atoms with Crippen LogP contribution in [0.1, 0.15) is 29.3 Å². The van der Waals surface area contributed by atoms with E-state index in [1.807, 2.05) is 0 Å². The molecular formula is C10H7ClF4O2. The third kappa shape index (κ3) is 3.33. The lowest BCUT2D eigenvalue weighted by Crippen LogP contribution is -2.06. The summed E-state index contributed by atoms with van der Waals surface area (Å²) in [4.78, 5) is 11.1. The molecule has 0 aromatic heterocycles. The van der Waals surface area contributed by atoms with Gasteiger partial charge >= 0.3 is 6.61 Å². The number of benzene rings is 1. The minimum Gasteiger partial charge on any atom is -0.435 e. The Bertz CT molecular complexity index is 435. The standard InChI is InChI=1S/C10H7ClF4O2/c1-4(16)6-2-5(17-10(14)15)3-7(11)8(6)9(12)13/h2-3,9-10H,1H3. The van der Waals surface area contributed by atoms with Crippen molar-refractivity contribution in [2.75, 3.05) is 0 Å². The highest BCUT2D eigenvalue weighted by atomic mass is 35.5. The van der Waals surface area contributed by atoms with Gasteiger partial charge in [-0.05, 0) is 19.1 Å². The fourth-order valence-corrected chi connectivity index (χ4v) is 1.57. The van der Waals surface area contributed by atoms with Crippen molar-refractivity contribution in [2.45, 2.75) is 20.0 Å². The van der Waals surface area contributed by atoms with Gasteiger partial charge in [0.25, 0.3) is 6.43 Å². The van der Waals surface area contributed by atoms with Crippen LogP contribution in [0.3, 0.4) is 0 Å². The number of carbonyl (C=O) groups is 1. The molecule has 0 unspecified atom stereocenters. The topological polar surface area (TPSA) is 26.3 Å². The molecule has 94 valence electrons. The maximum absolute atomic E-state index is 12.6. The molecule has 0 saturated heterocycles. The molecule has 1 rings (SSSR count). The Hall–Kier alpha value is -1.30. The molecule has 0 atom stereocenters. The second-order valence-corrected chi connectivity index (χ2v) is 3.51. The molecule has 17 heavy (non-hydrogen) atoms. The number of alkyl halides is 4. The van der Waals surface area contributed by atoms with Crippen molar-refractivity contribution >= 4 is 17.4 Å². The van der Waals surface area contributed by atoms with Crippen LogP contribution >= 0.6 is 11.6 Å². The highest BCUT2D eigenvalue weighted by Gasteiger charge is 2.22. The van der Waals surface area contributed by atoms with Crippen LogP contribution in [0.4, 0.5) is 17.6 Å². The van der Waals surface area contributed by atoms with E-state index in [0.717, 1.165) is 19.1 Å². The summed E-state index contributed by atoms with van der Waals surface area (Å²) in [7, 11) is 0. The first-order valence-corrected chi connectivity index (χ1v) is 4.78. The first-order chi connectivity index (χ1) is 7.82. The molecule has 0 N–H and O–H groups in total. The first-order valence-electron chi connectivity index (χ1n) is 4.40. The van der Waals surface area contributed by atoms with Gasteiger partial charge in [-0.1, -0.05) is 11.6 Å². The van der Waals surface area contributed by atoms with Gasteiger partial charge in [0.1, 0.15) is 5.75 Å². The van der Waals surface area contributed by atoms with Gasteiger partial charge in [0.05, 0.1) is 5.02 Å². The molecule has 0 aliphatic carbocycles. The lowest BCUT2D eigenvalue weighted by Gasteiger charge is -2.12. The van der Waals surface area contributed by atoms with Gasteiger partial charge in [-0.25, -0.2) is 8.78 Å². The zero-order chi connectivity index (χ0) is 13.2. The summed E-state index contributed by atoms with van der Waals surface area (Å²) in [5.74, 6) is -1.14. The highest BCUT2D eigenvalue weighted by Crippen LogP contribution is 2.34. The van der Waals surface area contributed by atoms with E-state index in [0.29, 0.717) is 0 Å². The van der Waals surface area contributed by atoms with Crippen molar-refractivity contribution in [2.24, 2.45) is 0 Å². The number of rotatable bonds is 4. The molecule has 0 saturated carbocycles. The van der Waals surface area contributed by atoms with E-state index in [1.54, 1.807) is 0 Å². The Kier molecular flexibility index (Phi) is 4.34. The van der Waals surface area contributed by atoms with Gasteiger partial charge in [-0.3, -0.25) is 4.79 Å². The van der Waals surface area contributed by atoms with E-state index in [2.05, 4.69) is 4.74 Å². The maximum atomic E-state index is 12.6. The zero-order valence-electron chi connectivity index (χ0n) is 8.52. The van der Waals surface area contributed by atoms with Crippen LogP contribution in [0.2, 0.25) is 5.02 Å². The summed E-state index contributed by atoms with van der Waals surface area (Å²) in [6.07, 6.45) is -2.97. The van der Waals surface area contributed by atoms with Gasteiger partial charge in [-0.15, -0.1) is 0 Å².